The van der Waals surface area contributed by atoms with Gasteiger partial charge in [-0.3, -0.25) is 0 Å². The van der Waals surface area contributed by atoms with Crippen LogP contribution in [0.1, 0.15) is 43.0 Å². The van der Waals surface area contributed by atoms with E-state index in [1.54, 1.807) is 6.26 Å². The van der Waals surface area contributed by atoms with Gasteiger partial charge in [-0.15, -0.1) is 0 Å². The van der Waals surface area contributed by atoms with Crippen molar-refractivity contribution < 1.29 is 13.6 Å². The highest BCUT2D eigenvalue weighted by Gasteiger charge is 2.27. The number of aromatic nitrogens is 2. The standard InChI is InChI=1S/C23H30N2O/c1-15-13-16(2)21(22-25(8)11-12-26-22)17(3)20(15)19-14-18(23(4,5)6)9-10-24(19)7/h9-14H,1-8H3/q+2. The molecule has 0 aliphatic heterocycles. The van der Waals surface area contributed by atoms with Crippen LogP contribution in [0.15, 0.2) is 41.3 Å². The molecule has 0 N–H and O–H groups in total. The van der Waals surface area contributed by atoms with Crippen LogP contribution in [0.4, 0.5) is 0 Å². The predicted molar refractivity (Wildman–Crippen MR) is 105 cm³/mol. The van der Waals surface area contributed by atoms with Crippen LogP contribution in [-0.4, -0.2) is 0 Å². The number of hydrogen-bond donors (Lipinski definition) is 0. The summed E-state index contributed by atoms with van der Waals surface area (Å²) in [6.07, 6.45) is 5.86. The minimum Gasteiger partial charge on any atom is -0.406 e. The summed E-state index contributed by atoms with van der Waals surface area (Å²) >= 11 is 0. The molecule has 2 aromatic heterocycles. The maximum Gasteiger partial charge on any atom is 0.380 e. The number of pyridine rings is 1. The van der Waals surface area contributed by atoms with E-state index in [9.17, 15) is 0 Å². The van der Waals surface area contributed by atoms with Crippen LogP contribution in [0.5, 0.6) is 0 Å². The van der Waals surface area contributed by atoms with E-state index < -0.39 is 0 Å². The van der Waals surface area contributed by atoms with Crippen LogP contribution in [0, 0.1) is 20.8 Å². The van der Waals surface area contributed by atoms with Crippen molar-refractivity contribution in [1.29, 1.82) is 0 Å². The summed E-state index contributed by atoms with van der Waals surface area (Å²) in [5, 5.41) is 0. The van der Waals surface area contributed by atoms with E-state index in [1.807, 2.05) is 17.8 Å². The normalized spacial score (nSPS) is 11.8. The van der Waals surface area contributed by atoms with Gasteiger partial charge in [0.15, 0.2) is 12.5 Å². The van der Waals surface area contributed by atoms with Crippen molar-refractivity contribution >= 4 is 0 Å². The molecule has 0 bridgehead atoms. The molecule has 2 heterocycles. The van der Waals surface area contributed by atoms with Crippen LogP contribution in [0.3, 0.4) is 0 Å². The molecule has 3 aromatic rings. The zero-order chi connectivity index (χ0) is 19.2. The predicted octanol–water partition coefficient (Wildman–Crippen LogP) is 4.49. The van der Waals surface area contributed by atoms with Gasteiger partial charge in [0.05, 0.1) is 11.1 Å². The van der Waals surface area contributed by atoms with Crippen LogP contribution >= 0.6 is 0 Å². The third-order valence-electron chi connectivity index (χ3n) is 5.24. The summed E-state index contributed by atoms with van der Waals surface area (Å²) in [4.78, 5) is 0. The van der Waals surface area contributed by atoms with Crippen molar-refractivity contribution in [2.75, 3.05) is 0 Å². The molecule has 26 heavy (non-hydrogen) atoms. The first kappa shape index (κ1) is 18.4. The highest BCUT2D eigenvalue weighted by atomic mass is 16.3. The van der Waals surface area contributed by atoms with Crippen molar-refractivity contribution in [3.05, 3.63) is 59.1 Å². The fourth-order valence-electron chi connectivity index (χ4n) is 3.77. The number of benzene rings is 1. The van der Waals surface area contributed by atoms with Crippen molar-refractivity contribution in [1.82, 2.24) is 0 Å². The van der Waals surface area contributed by atoms with Gasteiger partial charge in [0.1, 0.15) is 14.1 Å². The Labute approximate surface area is 156 Å². The summed E-state index contributed by atoms with van der Waals surface area (Å²) < 4.78 is 10.1. The molecule has 0 saturated carbocycles. The summed E-state index contributed by atoms with van der Waals surface area (Å²) in [6, 6.07) is 6.82. The molecule has 3 nitrogen and oxygen atoms in total. The highest BCUT2D eigenvalue weighted by Crippen LogP contribution is 2.36. The van der Waals surface area contributed by atoms with Crippen molar-refractivity contribution in [2.45, 2.75) is 47.0 Å². The number of aryl methyl sites for hydroxylation is 4. The van der Waals surface area contributed by atoms with E-state index in [0.717, 1.165) is 5.89 Å². The van der Waals surface area contributed by atoms with E-state index in [2.05, 4.69) is 77.6 Å². The number of rotatable bonds is 2. The Kier molecular flexibility index (Phi) is 4.51. The van der Waals surface area contributed by atoms with Gasteiger partial charge < -0.3 is 4.42 Å². The summed E-state index contributed by atoms with van der Waals surface area (Å²) in [5.74, 6) is 0.899. The van der Waals surface area contributed by atoms with Crippen molar-refractivity contribution in [3.63, 3.8) is 0 Å². The number of oxazole rings is 1. The van der Waals surface area contributed by atoms with Gasteiger partial charge in [0, 0.05) is 12.1 Å². The molecular weight excluding hydrogens is 320 g/mol. The number of hydrogen-bond acceptors (Lipinski definition) is 1. The molecule has 0 fully saturated rings. The zero-order valence-electron chi connectivity index (χ0n) is 17.3. The van der Waals surface area contributed by atoms with Gasteiger partial charge in [0.2, 0.25) is 11.9 Å². The largest absolute Gasteiger partial charge is 0.406 e. The van der Waals surface area contributed by atoms with Crippen LogP contribution in [-0.2, 0) is 19.5 Å². The molecule has 136 valence electrons. The lowest BCUT2D eigenvalue weighted by Gasteiger charge is -2.20. The van der Waals surface area contributed by atoms with E-state index >= 15 is 0 Å². The third kappa shape index (κ3) is 3.07. The van der Waals surface area contributed by atoms with E-state index in [4.69, 9.17) is 4.42 Å². The Balaban J connectivity index is 2.32. The molecular formula is C23H30N2O+2. The van der Waals surface area contributed by atoms with Crippen LogP contribution in [0.2, 0.25) is 0 Å². The molecule has 3 heteroatoms. The Bertz CT molecular complexity index is 975. The van der Waals surface area contributed by atoms with E-state index in [1.165, 1.54) is 39.1 Å². The molecule has 0 spiro atoms. The molecule has 0 saturated heterocycles. The lowest BCUT2D eigenvalue weighted by Crippen LogP contribution is -2.32. The monoisotopic (exact) mass is 350 g/mol. The summed E-state index contributed by atoms with van der Waals surface area (Å²) in [5.41, 5.74) is 8.96. The smallest absolute Gasteiger partial charge is 0.380 e. The second-order valence-corrected chi connectivity index (χ2v) is 8.37. The maximum atomic E-state index is 5.81. The van der Waals surface area contributed by atoms with Crippen molar-refractivity contribution in [3.8, 4) is 22.7 Å². The summed E-state index contributed by atoms with van der Waals surface area (Å²) in [6.45, 7) is 13.3. The summed E-state index contributed by atoms with van der Waals surface area (Å²) in [7, 11) is 4.14. The average molecular weight is 351 g/mol. The second kappa shape index (κ2) is 6.39. The Morgan fingerprint density at radius 2 is 1.50 bits per heavy atom. The molecule has 0 radical (unpaired) electrons. The van der Waals surface area contributed by atoms with Crippen molar-refractivity contribution in [2.24, 2.45) is 14.1 Å². The van der Waals surface area contributed by atoms with E-state index in [0.29, 0.717) is 0 Å². The molecule has 3 rings (SSSR count). The molecule has 0 atom stereocenters. The quantitative estimate of drug-likeness (QED) is 0.624. The molecule has 0 aliphatic carbocycles. The average Bonchev–Trinajstić information content (AvgIpc) is 2.93. The molecule has 0 unspecified atom stereocenters. The van der Waals surface area contributed by atoms with Crippen LogP contribution < -0.4 is 9.13 Å². The van der Waals surface area contributed by atoms with Crippen LogP contribution in [0.25, 0.3) is 22.7 Å². The third-order valence-corrected chi connectivity index (χ3v) is 5.24. The fraction of sp³-hybridized carbons (Fsp3) is 0.391. The topological polar surface area (TPSA) is 20.9 Å². The fourth-order valence-corrected chi connectivity index (χ4v) is 3.77. The number of nitrogens with zero attached hydrogens (tertiary/aromatic N) is 2. The first-order chi connectivity index (χ1) is 12.1. The van der Waals surface area contributed by atoms with Gasteiger partial charge in [0.25, 0.3) is 0 Å². The Morgan fingerprint density at radius 3 is 2.08 bits per heavy atom. The van der Waals surface area contributed by atoms with Gasteiger partial charge in [-0.05, 0) is 48.4 Å². The Hall–Kier alpha value is -2.42. The first-order valence-corrected chi connectivity index (χ1v) is 9.16. The second-order valence-electron chi connectivity index (χ2n) is 8.37. The highest BCUT2D eigenvalue weighted by molar-refractivity contribution is 5.77. The minimum atomic E-state index is 0.117. The maximum absolute atomic E-state index is 5.81. The van der Waals surface area contributed by atoms with Gasteiger partial charge in [-0.25, -0.2) is 4.57 Å². The molecule has 0 amide bonds. The molecule has 0 aliphatic rings. The molecule has 1 aromatic carbocycles. The zero-order valence-corrected chi connectivity index (χ0v) is 17.3. The van der Waals surface area contributed by atoms with Gasteiger partial charge in [-0.1, -0.05) is 26.8 Å². The lowest BCUT2D eigenvalue weighted by atomic mass is 9.85. The SMILES string of the molecule is Cc1cc(C)c(-c2occ[n+]2C)c(C)c1-c1cc(C(C)(C)C)cc[n+]1C. The minimum absolute atomic E-state index is 0.117. The Morgan fingerprint density at radius 1 is 0.846 bits per heavy atom. The first-order valence-electron chi connectivity index (χ1n) is 9.16. The van der Waals surface area contributed by atoms with E-state index in [-0.39, 0.29) is 5.41 Å². The van der Waals surface area contributed by atoms with Gasteiger partial charge >= 0.3 is 5.89 Å². The van der Waals surface area contributed by atoms with Gasteiger partial charge in [-0.2, -0.15) is 4.57 Å². The lowest BCUT2D eigenvalue weighted by molar-refractivity contribution is -0.662.